The molecule has 0 fully saturated rings. The zero-order valence-electron chi connectivity index (χ0n) is 11.1. The highest BCUT2D eigenvalue weighted by Gasteiger charge is 2.44. The van der Waals surface area contributed by atoms with Crippen LogP contribution < -0.4 is 0 Å². The van der Waals surface area contributed by atoms with Gasteiger partial charge >= 0.3 is 0 Å². The third-order valence-electron chi connectivity index (χ3n) is 3.35. The zero-order valence-corrected chi connectivity index (χ0v) is 12.7. The third kappa shape index (κ3) is 2.24. The molecule has 0 saturated carbocycles. The van der Waals surface area contributed by atoms with Crippen molar-refractivity contribution < 1.29 is 16.8 Å². The third-order valence-corrected chi connectivity index (χ3v) is 7.24. The summed E-state index contributed by atoms with van der Waals surface area (Å²) < 4.78 is 49.5. The van der Waals surface area contributed by atoms with Crippen LogP contribution in [0.25, 0.3) is 0 Å². The van der Waals surface area contributed by atoms with E-state index in [1.807, 2.05) is 0 Å². The SMILES string of the molecule is Cc1ccc2c(n1)S(=O)(=O)CC2S(=O)(=O)c1ccccn1. The number of aromatic nitrogens is 2. The van der Waals surface area contributed by atoms with Crippen LogP contribution in [0.1, 0.15) is 16.5 Å². The van der Waals surface area contributed by atoms with Crippen LogP contribution in [0, 0.1) is 6.92 Å². The Hall–Kier alpha value is -1.80. The van der Waals surface area contributed by atoms with Crippen molar-refractivity contribution in [1.82, 2.24) is 9.97 Å². The van der Waals surface area contributed by atoms with E-state index in [4.69, 9.17) is 0 Å². The van der Waals surface area contributed by atoms with Gasteiger partial charge in [-0.25, -0.2) is 26.8 Å². The molecule has 0 aliphatic carbocycles. The summed E-state index contributed by atoms with van der Waals surface area (Å²) in [5.74, 6) is -0.488. The molecule has 2 aromatic rings. The second kappa shape index (κ2) is 4.60. The lowest BCUT2D eigenvalue weighted by molar-refractivity contribution is 0.579. The van der Waals surface area contributed by atoms with Gasteiger partial charge in [0.25, 0.3) is 0 Å². The second-order valence-electron chi connectivity index (χ2n) is 4.83. The van der Waals surface area contributed by atoms with Crippen LogP contribution in [0.5, 0.6) is 0 Å². The summed E-state index contributed by atoms with van der Waals surface area (Å²) in [5.41, 5.74) is 0.763. The van der Waals surface area contributed by atoms with E-state index in [9.17, 15) is 16.8 Å². The van der Waals surface area contributed by atoms with Crippen LogP contribution in [-0.4, -0.2) is 32.6 Å². The number of nitrogens with zero attached hydrogens (tertiary/aromatic N) is 2. The molecule has 0 bridgehead atoms. The molecular formula is C13H12N2O4S2. The highest BCUT2D eigenvalue weighted by molar-refractivity contribution is 7.96. The van der Waals surface area contributed by atoms with Crippen LogP contribution in [0.4, 0.5) is 0 Å². The topological polar surface area (TPSA) is 94.1 Å². The van der Waals surface area contributed by atoms with Gasteiger partial charge in [0.1, 0.15) is 5.25 Å². The summed E-state index contributed by atoms with van der Waals surface area (Å²) in [6.07, 6.45) is 1.37. The van der Waals surface area contributed by atoms with Gasteiger partial charge in [0, 0.05) is 17.5 Å². The molecule has 0 N–H and O–H groups in total. The second-order valence-corrected chi connectivity index (χ2v) is 8.86. The van der Waals surface area contributed by atoms with E-state index < -0.39 is 30.7 Å². The molecule has 2 aromatic heterocycles. The Labute approximate surface area is 122 Å². The molecule has 110 valence electrons. The van der Waals surface area contributed by atoms with Gasteiger partial charge in [0.05, 0.1) is 5.75 Å². The molecule has 0 spiro atoms. The standard InChI is InChI=1S/C13H12N2O4S2/c1-9-5-6-10-11(8-20(16,17)13(10)15-9)21(18,19)12-4-2-3-7-14-12/h2-7,11H,8H2,1H3. The average molecular weight is 324 g/mol. The van der Waals surface area contributed by atoms with Crippen LogP contribution in [0.15, 0.2) is 46.6 Å². The molecule has 1 aliphatic heterocycles. The van der Waals surface area contributed by atoms with Gasteiger partial charge in [0.15, 0.2) is 19.9 Å². The fourth-order valence-electron chi connectivity index (χ4n) is 2.32. The molecule has 1 unspecified atom stereocenters. The summed E-state index contributed by atoms with van der Waals surface area (Å²) in [4.78, 5) is 7.82. The predicted molar refractivity (Wildman–Crippen MR) is 75.2 cm³/mol. The first kappa shape index (κ1) is 14.2. The molecule has 3 rings (SSSR count). The lowest BCUT2D eigenvalue weighted by Crippen LogP contribution is -2.16. The fourth-order valence-corrected chi connectivity index (χ4v) is 6.53. The number of fused-ring (bicyclic) bond motifs is 1. The summed E-state index contributed by atoms with van der Waals surface area (Å²) in [7, 11) is -7.55. The number of hydrogen-bond acceptors (Lipinski definition) is 6. The van der Waals surface area contributed by atoms with E-state index in [0.29, 0.717) is 5.69 Å². The van der Waals surface area contributed by atoms with Crippen molar-refractivity contribution in [3.8, 4) is 0 Å². The lowest BCUT2D eigenvalue weighted by Gasteiger charge is -2.10. The summed E-state index contributed by atoms with van der Waals surface area (Å²) in [5, 5.41) is -1.41. The number of rotatable bonds is 2. The van der Waals surface area contributed by atoms with Crippen LogP contribution in [0.2, 0.25) is 0 Å². The summed E-state index contributed by atoms with van der Waals surface area (Å²) in [6, 6.07) is 7.65. The Balaban J connectivity index is 2.20. The molecule has 21 heavy (non-hydrogen) atoms. The number of pyridine rings is 2. The Morgan fingerprint density at radius 3 is 2.62 bits per heavy atom. The first-order valence-electron chi connectivity index (χ1n) is 6.17. The average Bonchev–Trinajstić information content (AvgIpc) is 2.72. The number of aryl methyl sites for hydroxylation is 1. The van der Waals surface area contributed by atoms with Crippen LogP contribution in [-0.2, 0) is 19.7 Å². The van der Waals surface area contributed by atoms with Crippen molar-refractivity contribution in [3.63, 3.8) is 0 Å². The van der Waals surface area contributed by atoms with Crippen molar-refractivity contribution >= 4 is 19.7 Å². The predicted octanol–water partition coefficient (Wildman–Crippen LogP) is 1.09. The molecule has 8 heteroatoms. The lowest BCUT2D eigenvalue weighted by atomic mass is 10.2. The quantitative estimate of drug-likeness (QED) is 0.820. The van der Waals surface area contributed by atoms with Gasteiger partial charge in [-0.2, -0.15) is 0 Å². The van der Waals surface area contributed by atoms with Crippen molar-refractivity contribution in [3.05, 3.63) is 47.8 Å². The first-order chi connectivity index (χ1) is 9.82. The highest BCUT2D eigenvalue weighted by Crippen LogP contribution is 2.39. The van der Waals surface area contributed by atoms with Crippen molar-refractivity contribution in [2.45, 2.75) is 22.2 Å². The molecule has 0 amide bonds. The van der Waals surface area contributed by atoms with E-state index in [2.05, 4.69) is 9.97 Å². The highest BCUT2D eigenvalue weighted by atomic mass is 32.2. The van der Waals surface area contributed by atoms with E-state index >= 15 is 0 Å². The van der Waals surface area contributed by atoms with Gasteiger partial charge in [-0.05, 0) is 25.1 Å². The van der Waals surface area contributed by atoms with E-state index in [1.165, 1.54) is 18.3 Å². The van der Waals surface area contributed by atoms with Gasteiger partial charge in [-0.3, -0.25) is 0 Å². The van der Waals surface area contributed by atoms with Crippen LogP contribution in [0.3, 0.4) is 0 Å². The fraction of sp³-hybridized carbons (Fsp3) is 0.231. The monoisotopic (exact) mass is 324 g/mol. The molecule has 1 aliphatic rings. The normalized spacial score (nSPS) is 20.1. The minimum atomic E-state index is -3.87. The molecule has 1 atom stereocenters. The summed E-state index contributed by atoms with van der Waals surface area (Å²) >= 11 is 0. The van der Waals surface area contributed by atoms with Crippen molar-refractivity contribution in [2.24, 2.45) is 0 Å². The van der Waals surface area contributed by atoms with E-state index in [-0.39, 0.29) is 15.6 Å². The first-order valence-corrected chi connectivity index (χ1v) is 9.37. The maximum Gasteiger partial charge on any atom is 0.203 e. The largest absolute Gasteiger partial charge is 0.245 e. The van der Waals surface area contributed by atoms with Crippen LogP contribution >= 0.6 is 0 Å². The van der Waals surface area contributed by atoms with Gasteiger partial charge in [0.2, 0.25) is 9.84 Å². The van der Waals surface area contributed by atoms with E-state index in [0.717, 1.165) is 0 Å². The minimum absolute atomic E-state index is 0.126. The van der Waals surface area contributed by atoms with Crippen molar-refractivity contribution in [1.29, 1.82) is 0 Å². The smallest absolute Gasteiger partial charge is 0.203 e. The molecule has 0 aromatic carbocycles. The molecular weight excluding hydrogens is 312 g/mol. The summed E-state index contributed by atoms with van der Waals surface area (Å²) in [6.45, 7) is 1.66. The molecule has 0 saturated heterocycles. The Kier molecular flexibility index (Phi) is 3.10. The van der Waals surface area contributed by atoms with Gasteiger partial charge in [-0.15, -0.1) is 0 Å². The molecule has 3 heterocycles. The minimum Gasteiger partial charge on any atom is -0.245 e. The van der Waals surface area contributed by atoms with Gasteiger partial charge < -0.3 is 0 Å². The maximum atomic E-state index is 12.6. The Morgan fingerprint density at radius 2 is 1.95 bits per heavy atom. The number of sulfone groups is 2. The number of hydrogen-bond donors (Lipinski definition) is 0. The van der Waals surface area contributed by atoms with Crippen molar-refractivity contribution in [2.75, 3.05) is 5.75 Å². The molecule has 6 nitrogen and oxygen atoms in total. The van der Waals surface area contributed by atoms with E-state index in [1.54, 1.807) is 25.1 Å². The molecule has 0 radical (unpaired) electrons. The maximum absolute atomic E-state index is 12.6. The Morgan fingerprint density at radius 1 is 1.19 bits per heavy atom. The van der Waals surface area contributed by atoms with Gasteiger partial charge in [-0.1, -0.05) is 12.1 Å². The zero-order chi connectivity index (χ0) is 15.3. The Bertz CT molecular complexity index is 906.